The fraction of sp³-hybridized carbons (Fsp3) is 0.412. The summed E-state index contributed by atoms with van der Waals surface area (Å²) < 4.78 is 41.8. The van der Waals surface area contributed by atoms with Gasteiger partial charge in [0.2, 0.25) is 5.82 Å². The largest absolute Gasteiger partial charge is 0.481 e. The number of aliphatic carboxylic acids is 1. The van der Waals surface area contributed by atoms with Gasteiger partial charge in [-0.2, -0.15) is 18.2 Å². The van der Waals surface area contributed by atoms with Gasteiger partial charge in [0.05, 0.1) is 5.92 Å². The highest BCUT2D eigenvalue weighted by atomic mass is 19.4. The molecule has 0 unspecified atom stereocenters. The Labute approximate surface area is 151 Å². The number of aromatic nitrogens is 2. The van der Waals surface area contributed by atoms with Gasteiger partial charge in [0.1, 0.15) is 0 Å². The van der Waals surface area contributed by atoms with Crippen LogP contribution in [-0.2, 0) is 11.0 Å². The van der Waals surface area contributed by atoms with Crippen molar-refractivity contribution in [3.63, 3.8) is 0 Å². The molecule has 1 aliphatic heterocycles. The minimum Gasteiger partial charge on any atom is -0.481 e. The number of benzene rings is 1. The molecule has 0 spiro atoms. The molecule has 0 aliphatic carbocycles. The number of carbonyl (C=O) groups excluding carboxylic acids is 1. The molecule has 1 saturated heterocycles. The van der Waals surface area contributed by atoms with E-state index in [-0.39, 0.29) is 17.3 Å². The van der Waals surface area contributed by atoms with Crippen molar-refractivity contribution in [1.29, 1.82) is 0 Å². The van der Waals surface area contributed by atoms with E-state index in [1.807, 2.05) is 0 Å². The molecule has 10 heteroatoms. The summed E-state index contributed by atoms with van der Waals surface area (Å²) in [7, 11) is 0. The van der Waals surface area contributed by atoms with Crippen molar-refractivity contribution in [2.75, 3.05) is 6.54 Å². The normalized spacial score (nSPS) is 20.5. The first-order chi connectivity index (χ1) is 12.7. The predicted octanol–water partition coefficient (Wildman–Crippen LogP) is 3.08. The number of amides is 1. The Kier molecular flexibility index (Phi) is 4.90. The van der Waals surface area contributed by atoms with Crippen LogP contribution < -0.4 is 0 Å². The van der Waals surface area contributed by atoms with Gasteiger partial charge in [0, 0.05) is 23.7 Å². The van der Waals surface area contributed by atoms with Crippen molar-refractivity contribution >= 4 is 11.9 Å². The number of alkyl halides is 3. The molecule has 2 aromatic rings. The van der Waals surface area contributed by atoms with Crippen LogP contribution in [0.3, 0.4) is 0 Å². The zero-order valence-corrected chi connectivity index (χ0v) is 14.2. The van der Waals surface area contributed by atoms with Crippen molar-refractivity contribution < 1.29 is 32.4 Å². The second kappa shape index (κ2) is 7.01. The Balaban J connectivity index is 1.78. The molecule has 3 rings (SSSR count). The highest BCUT2D eigenvalue weighted by molar-refractivity contribution is 5.95. The van der Waals surface area contributed by atoms with Crippen molar-refractivity contribution in [1.82, 2.24) is 15.0 Å². The second-order valence-corrected chi connectivity index (χ2v) is 6.32. The number of carboxylic acid groups (broad SMARTS) is 1. The third kappa shape index (κ3) is 3.79. The summed E-state index contributed by atoms with van der Waals surface area (Å²) in [6.45, 7) is 2.15. The summed E-state index contributed by atoms with van der Waals surface area (Å²) in [5, 5.41) is 12.6. The minimum atomic E-state index is -4.73. The zero-order chi connectivity index (χ0) is 19.8. The molecule has 144 valence electrons. The standard InChI is InChI=1S/C17H16F3N3O4/c1-9-12(15(25)26)3-2-8-23(9)14(24)11-6-4-10(5-7-11)13-21-16(27-22-13)17(18,19)20/h4-7,9,12H,2-3,8H2,1H3,(H,25,26)/t9-,12-/m1/s1. The van der Waals surface area contributed by atoms with E-state index in [0.717, 1.165) is 0 Å². The molecule has 0 bridgehead atoms. The number of nitrogens with zero attached hydrogens (tertiary/aromatic N) is 3. The summed E-state index contributed by atoms with van der Waals surface area (Å²) in [6.07, 6.45) is -3.63. The van der Waals surface area contributed by atoms with E-state index in [4.69, 9.17) is 0 Å². The monoisotopic (exact) mass is 383 g/mol. The van der Waals surface area contributed by atoms with Gasteiger partial charge >= 0.3 is 18.0 Å². The Morgan fingerprint density at radius 3 is 2.48 bits per heavy atom. The fourth-order valence-corrected chi connectivity index (χ4v) is 3.14. The number of piperidine rings is 1. The highest BCUT2D eigenvalue weighted by Crippen LogP contribution is 2.30. The molecule has 7 nitrogen and oxygen atoms in total. The Hall–Kier alpha value is -2.91. The minimum absolute atomic E-state index is 0.237. The van der Waals surface area contributed by atoms with Crippen LogP contribution in [0.1, 0.15) is 36.0 Å². The summed E-state index contributed by atoms with van der Waals surface area (Å²) in [5.41, 5.74) is 0.567. The number of carboxylic acids is 1. The average molecular weight is 383 g/mol. The third-order valence-corrected chi connectivity index (χ3v) is 4.62. The summed E-state index contributed by atoms with van der Waals surface area (Å²) in [6, 6.07) is 5.27. The van der Waals surface area contributed by atoms with Crippen LogP contribution in [0.15, 0.2) is 28.8 Å². The Morgan fingerprint density at radius 1 is 1.26 bits per heavy atom. The van der Waals surface area contributed by atoms with Crippen LogP contribution >= 0.6 is 0 Å². The average Bonchev–Trinajstić information content (AvgIpc) is 3.12. The molecule has 2 atom stereocenters. The van der Waals surface area contributed by atoms with Gasteiger partial charge in [-0.3, -0.25) is 9.59 Å². The van der Waals surface area contributed by atoms with E-state index in [1.165, 1.54) is 29.2 Å². The molecular formula is C17H16F3N3O4. The maximum Gasteiger partial charge on any atom is 0.471 e. The SMILES string of the molecule is C[C@@H]1[C@H](C(=O)O)CCCN1C(=O)c1ccc(-c2noc(C(F)(F)F)n2)cc1. The molecule has 2 heterocycles. The zero-order valence-electron chi connectivity index (χ0n) is 14.2. The smallest absolute Gasteiger partial charge is 0.471 e. The first-order valence-electron chi connectivity index (χ1n) is 8.23. The lowest BCUT2D eigenvalue weighted by Crippen LogP contribution is -2.49. The van der Waals surface area contributed by atoms with Crippen molar-refractivity contribution in [2.45, 2.75) is 32.0 Å². The number of carbonyl (C=O) groups is 2. The number of hydrogen-bond donors (Lipinski definition) is 1. The molecule has 1 fully saturated rings. The van der Waals surface area contributed by atoms with E-state index in [2.05, 4.69) is 14.7 Å². The lowest BCUT2D eigenvalue weighted by molar-refractivity contribution is -0.159. The predicted molar refractivity (Wildman–Crippen MR) is 85.6 cm³/mol. The van der Waals surface area contributed by atoms with Gasteiger partial charge in [-0.05, 0) is 31.9 Å². The molecule has 0 radical (unpaired) electrons. The molecule has 1 aromatic carbocycles. The quantitative estimate of drug-likeness (QED) is 0.875. The van der Waals surface area contributed by atoms with Crippen LogP contribution in [0.4, 0.5) is 13.2 Å². The van der Waals surface area contributed by atoms with Crippen LogP contribution in [0.25, 0.3) is 11.4 Å². The molecule has 27 heavy (non-hydrogen) atoms. The fourth-order valence-electron chi connectivity index (χ4n) is 3.14. The summed E-state index contributed by atoms with van der Waals surface area (Å²) in [4.78, 5) is 28.8. The molecule has 1 N–H and O–H groups in total. The maximum atomic E-state index is 12.7. The Morgan fingerprint density at radius 2 is 1.93 bits per heavy atom. The van der Waals surface area contributed by atoms with Crippen LogP contribution in [0.5, 0.6) is 0 Å². The molecule has 0 saturated carbocycles. The summed E-state index contributed by atoms with van der Waals surface area (Å²) >= 11 is 0. The Bertz CT molecular complexity index is 848. The lowest BCUT2D eigenvalue weighted by Gasteiger charge is -2.37. The van der Waals surface area contributed by atoms with Crippen molar-refractivity contribution in [2.24, 2.45) is 5.92 Å². The van der Waals surface area contributed by atoms with Gasteiger partial charge in [-0.1, -0.05) is 17.3 Å². The number of likely N-dealkylation sites (tertiary alicyclic amines) is 1. The second-order valence-electron chi connectivity index (χ2n) is 6.32. The molecule has 1 aromatic heterocycles. The van der Waals surface area contributed by atoms with Crippen molar-refractivity contribution in [3.05, 3.63) is 35.7 Å². The van der Waals surface area contributed by atoms with Gasteiger partial charge < -0.3 is 14.5 Å². The molecule has 1 amide bonds. The van der Waals surface area contributed by atoms with Crippen LogP contribution in [0, 0.1) is 5.92 Å². The molecule has 1 aliphatic rings. The molecular weight excluding hydrogens is 367 g/mol. The van der Waals surface area contributed by atoms with Crippen molar-refractivity contribution in [3.8, 4) is 11.4 Å². The number of halogens is 3. The van der Waals surface area contributed by atoms with Gasteiger partial charge in [0.25, 0.3) is 5.91 Å². The van der Waals surface area contributed by atoms with Gasteiger partial charge in [-0.25, -0.2) is 0 Å². The number of rotatable bonds is 3. The van der Waals surface area contributed by atoms with Crippen LogP contribution in [0.2, 0.25) is 0 Å². The van der Waals surface area contributed by atoms with Crippen LogP contribution in [-0.4, -0.2) is 44.6 Å². The first kappa shape index (κ1) is 18.9. The van der Waals surface area contributed by atoms with E-state index in [0.29, 0.717) is 24.9 Å². The van der Waals surface area contributed by atoms with E-state index in [9.17, 15) is 27.9 Å². The van der Waals surface area contributed by atoms with Gasteiger partial charge in [-0.15, -0.1) is 0 Å². The highest BCUT2D eigenvalue weighted by Gasteiger charge is 2.38. The van der Waals surface area contributed by atoms with E-state index in [1.54, 1.807) is 6.92 Å². The lowest BCUT2D eigenvalue weighted by atomic mass is 9.90. The maximum absolute atomic E-state index is 12.7. The van der Waals surface area contributed by atoms with E-state index < -0.39 is 30.0 Å². The first-order valence-corrected chi connectivity index (χ1v) is 8.23. The number of hydrogen-bond acceptors (Lipinski definition) is 5. The topological polar surface area (TPSA) is 96.5 Å². The third-order valence-electron chi connectivity index (χ3n) is 4.62. The summed E-state index contributed by atoms with van der Waals surface area (Å²) in [5.74, 6) is -3.57. The van der Waals surface area contributed by atoms with Gasteiger partial charge in [0.15, 0.2) is 0 Å². The van der Waals surface area contributed by atoms with E-state index >= 15 is 0 Å².